The summed E-state index contributed by atoms with van der Waals surface area (Å²) in [7, 11) is -3.76. The van der Waals surface area contributed by atoms with Crippen LogP contribution in [0.3, 0.4) is 0 Å². The lowest BCUT2D eigenvalue weighted by Crippen LogP contribution is -2.36. The Balaban J connectivity index is 1.37. The molecule has 0 bridgehead atoms. The Kier molecular flexibility index (Phi) is 16.8. The quantitative estimate of drug-likeness (QED) is 0.126. The highest BCUT2D eigenvalue weighted by atomic mass is 35.5. The zero-order valence-corrected chi connectivity index (χ0v) is 30.0. The first-order valence-electron chi connectivity index (χ1n) is 16.2. The van der Waals surface area contributed by atoms with Gasteiger partial charge in [0.05, 0.1) is 32.1 Å². The molecule has 0 aliphatic carbocycles. The molecule has 45 heavy (non-hydrogen) atoms. The third-order valence-corrected chi connectivity index (χ3v) is 10.4. The molecule has 12 heteroatoms. The Bertz CT molecular complexity index is 1360. The average Bonchev–Trinajstić information content (AvgIpc) is 3.34. The van der Waals surface area contributed by atoms with Crippen molar-refractivity contribution in [2.45, 2.75) is 121 Å². The van der Waals surface area contributed by atoms with E-state index in [1.807, 2.05) is 0 Å². The molecule has 3 rings (SSSR count). The van der Waals surface area contributed by atoms with Crippen LogP contribution in [0.2, 0.25) is 20.1 Å². The second-order valence-corrected chi connectivity index (χ2v) is 15.0. The van der Waals surface area contributed by atoms with Crippen molar-refractivity contribution in [1.29, 1.82) is 0 Å². The molecule has 1 aliphatic rings. The second-order valence-electron chi connectivity index (χ2n) is 11.6. The Hall–Kier alpha value is -1.55. The normalized spacial score (nSPS) is 14.5. The van der Waals surface area contributed by atoms with Crippen molar-refractivity contribution in [2.24, 2.45) is 4.99 Å². The largest absolute Gasteiger partial charge is 0.277 e. The number of hydrogen-bond donors (Lipinski definition) is 2. The summed E-state index contributed by atoms with van der Waals surface area (Å²) in [6, 6.07) is 7.27. The Morgan fingerprint density at radius 3 is 1.80 bits per heavy atom. The van der Waals surface area contributed by atoms with Gasteiger partial charge in [-0.2, -0.15) is 0 Å². The van der Waals surface area contributed by atoms with Crippen molar-refractivity contribution in [3.8, 4) is 0 Å². The number of nitrogens with zero attached hydrogens (tertiary/aromatic N) is 2. The summed E-state index contributed by atoms with van der Waals surface area (Å²) in [4.78, 5) is 17.2. The van der Waals surface area contributed by atoms with Crippen LogP contribution in [-0.4, -0.2) is 26.7 Å². The predicted molar refractivity (Wildman–Crippen MR) is 190 cm³/mol. The summed E-state index contributed by atoms with van der Waals surface area (Å²) in [5.74, 6) is -0.0834. The number of amidine groups is 1. The molecule has 1 fully saturated rings. The highest BCUT2D eigenvalue weighted by Gasteiger charge is 2.30. The second kappa shape index (κ2) is 20.0. The molecule has 1 amide bonds. The number of carbonyl (C=O) groups is 1. The number of benzene rings is 2. The highest BCUT2D eigenvalue weighted by Crippen LogP contribution is 2.37. The van der Waals surface area contributed by atoms with E-state index in [2.05, 4.69) is 22.1 Å². The van der Waals surface area contributed by atoms with E-state index in [0.717, 1.165) is 19.3 Å². The maximum atomic E-state index is 13.0. The van der Waals surface area contributed by atoms with Crippen molar-refractivity contribution in [1.82, 2.24) is 10.1 Å². The number of hydrogen-bond acceptors (Lipinski definition) is 4. The van der Waals surface area contributed by atoms with E-state index in [0.29, 0.717) is 11.6 Å². The van der Waals surface area contributed by atoms with Gasteiger partial charge in [-0.3, -0.25) is 10.2 Å². The molecule has 0 aromatic heterocycles. The fourth-order valence-electron chi connectivity index (χ4n) is 5.30. The molecule has 2 aromatic carbocycles. The summed E-state index contributed by atoms with van der Waals surface area (Å²) in [5, 5.41) is 2.15. The van der Waals surface area contributed by atoms with Gasteiger partial charge in [0, 0.05) is 11.6 Å². The first-order chi connectivity index (χ1) is 21.6. The molecule has 1 aliphatic heterocycles. The molecule has 0 radical (unpaired) electrons. The summed E-state index contributed by atoms with van der Waals surface area (Å²) in [5.41, 5.74) is 3.34. The number of carbonyl (C=O) groups excluding carboxylic acids is 1. The lowest BCUT2D eigenvalue weighted by molar-refractivity contribution is -0.116. The first kappa shape index (κ1) is 37.9. The number of amides is 1. The number of aliphatic imine (C=N–C) groups is 1. The lowest BCUT2D eigenvalue weighted by atomic mass is 10.0. The molecule has 0 spiro atoms. The molecule has 2 N–H and O–H groups in total. The first-order valence-corrected chi connectivity index (χ1v) is 19.2. The summed E-state index contributed by atoms with van der Waals surface area (Å²) < 4.78 is 28.6. The molecule has 1 saturated heterocycles. The van der Waals surface area contributed by atoms with Crippen LogP contribution in [0, 0.1) is 0 Å². The maximum Gasteiger partial charge on any atom is 0.253 e. The van der Waals surface area contributed by atoms with Crippen LogP contribution in [0.5, 0.6) is 0 Å². The van der Waals surface area contributed by atoms with E-state index in [9.17, 15) is 13.2 Å². The van der Waals surface area contributed by atoms with Gasteiger partial charge in [0.25, 0.3) is 5.91 Å². The minimum absolute atomic E-state index is 0.0488. The lowest BCUT2D eigenvalue weighted by Gasteiger charge is -2.19. The van der Waals surface area contributed by atoms with E-state index < -0.39 is 10.0 Å². The van der Waals surface area contributed by atoms with Crippen molar-refractivity contribution in [3.63, 3.8) is 0 Å². The molecule has 2 aromatic rings. The monoisotopic (exact) mass is 718 g/mol. The summed E-state index contributed by atoms with van der Waals surface area (Å²) >= 11 is 24.9. The van der Waals surface area contributed by atoms with Crippen LogP contribution >= 0.6 is 46.4 Å². The van der Waals surface area contributed by atoms with E-state index >= 15 is 0 Å². The van der Waals surface area contributed by atoms with Crippen LogP contribution in [0.25, 0.3) is 0 Å². The van der Waals surface area contributed by atoms with Gasteiger partial charge >= 0.3 is 0 Å². The Morgan fingerprint density at radius 2 is 1.27 bits per heavy atom. The van der Waals surface area contributed by atoms with Gasteiger partial charge in [0.1, 0.15) is 11.5 Å². The molecule has 250 valence electrons. The van der Waals surface area contributed by atoms with E-state index in [-0.39, 0.29) is 49.5 Å². The SMILES string of the molecule is CCCCCCCCCCCCCCCCCCNS(=O)(=O)c1ccc(Cl)c(N=C2CC(=O)N(c3c(Cl)cc(Cl)cc3Cl)N2)c1. The molecule has 1 heterocycles. The van der Waals surface area contributed by atoms with Crippen LogP contribution < -0.4 is 15.2 Å². The summed E-state index contributed by atoms with van der Waals surface area (Å²) in [6.45, 7) is 2.62. The topological polar surface area (TPSA) is 90.9 Å². The van der Waals surface area contributed by atoms with Crippen molar-refractivity contribution in [2.75, 3.05) is 11.6 Å². The molecule has 0 saturated carbocycles. The van der Waals surface area contributed by atoms with Crippen LogP contribution in [0.4, 0.5) is 11.4 Å². The number of unbranched alkanes of at least 4 members (excludes halogenated alkanes) is 15. The van der Waals surface area contributed by atoms with Gasteiger partial charge in [-0.25, -0.2) is 23.1 Å². The summed E-state index contributed by atoms with van der Waals surface area (Å²) in [6.07, 6.45) is 20.2. The third-order valence-electron chi connectivity index (χ3n) is 7.82. The maximum absolute atomic E-state index is 13.0. The number of rotatable bonds is 21. The van der Waals surface area contributed by atoms with E-state index in [4.69, 9.17) is 46.4 Å². The minimum atomic E-state index is -3.76. The number of sulfonamides is 1. The molecule has 0 unspecified atom stereocenters. The molecular formula is C33H46Cl4N4O3S. The standard InChI is InChI=1S/C33H46Cl4N4O3S/c1-2-3-4-5-6-7-8-9-10-11-12-13-14-15-16-17-20-38-45(43,44)26-18-19-27(35)30(23-26)39-31-24-32(42)41(40-31)33-28(36)21-25(34)22-29(33)37/h18-19,21-23,38H,2-17,20,24H2,1H3,(H,39,40). The van der Waals surface area contributed by atoms with Crippen molar-refractivity contribution >= 4 is 79.5 Å². The van der Waals surface area contributed by atoms with Gasteiger partial charge in [-0.15, -0.1) is 0 Å². The van der Waals surface area contributed by atoms with Gasteiger partial charge < -0.3 is 0 Å². The van der Waals surface area contributed by atoms with Gasteiger partial charge in [0.2, 0.25) is 10.0 Å². The van der Waals surface area contributed by atoms with Crippen LogP contribution in [0.15, 0.2) is 40.2 Å². The Labute approximate surface area is 289 Å². The van der Waals surface area contributed by atoms with E-state index in [1.54, 1.807) is 0 Å². The van der Waals surface area contributed by atoms with Gasteiger partial charge in [-0.05, 0) is 36.8 Å². The van der Waals surface area contributed by atoms with Gasteiger partial charge in [-0.1, -0.05) is 150 Å². The number of hydrazine groups is 1. The third kappa shape index (κ3) is 12.9. The zero-order chi connectivity index (χ0) is 32.7. The van der Waals surface area contributed by atoms with E-state index in [1.165, 1.54) is 119 Å². The van der Waals surface area contributed by atoms with Gasteiger partial charge in [0.15, 0.2) is 0 Å². The molecular weight excluding hydrogens is 674 g/mol. The fourth-order valence-corrected chi connectivity index (χ4v) is 7.54. The fraction of sp³-hybridized carbons (Fsp3) is 0.576. The highest BCUT2D eigenvalue weighted by molar-refractivity contribution is 7.89. The number of halogens is 4. The predicted octanol–water partition coefficient (Wildman–Crippen LogP) is 10.8. The number of anilines is 1. The van der Waals surface area contributed by atoms with Crippen LogP contribution in [-0.2, 0) is 14.8 Å². The minimum Gasteiger partial charge on any atom is -0.277 e. The van der Waals surface area contributed by atoms with Crippen molar-refractivity contribution in [3.05, 3.63) is 50.4 Å². The van der Waals surface area contributed by atoms with Crippen LogP contribution in [0.1, 0.15) is 116 Å². The Morgan fingerprint density at radius 1 is 0.756 bits per heavy atom. The average molecular weight is 721 g/mol. The zero-order valence-electron chi connectivity index (χ0n) is 26.2. The molecule has 0 atom stereocenters. The smallest absolute Gasteiger partial charge is 0.253 e. The number of nitrogens with one attached hydrogen (secondary N) is 2. The van der Waals surface area contributed by atoms with Crippen molar-refractivity contribution < 1.29 is 13.2 Å². The molecule has 7 nitrogen and oxygen atoms in total.